The first-order valence-electron chi connectivity index (χ1n) is 9.45. The third-order valence-corrected chi connectivity index (χ3v) is 6.50. The second-order valence-electron chi connectivity index (χ2n) is 6.98. The highest BCUT2D eigenvalue weighted by molar-refractivity contribution is 7.90. The Balaban J connectivity index is 1.56. The molecule has 160 valence electrons. The van der Waals surface area contributed by atoms with Crippen molar-refractivity contribution in [2.24, 2.45) is 0 Å². The zero-order valence-corrected chi connectivity index (χ0v) is 18.3. The summed E-state index contributed by atoms with van der Waals surface area (Å²) >= 11 is 6.09. The first-order chi connectivity index (χ1) is 14.7. The van der Waals surface area contributed by atoms with Crippen LogP contribution in [0.1, 0.15) is 21.5 Å². The molecular formula is C23H21ClN2O4S. The van der Waals surface area contributed by atoms with Gasteiger partial charge in [-0.2, -0.15) is 0 Å². The van der Waals surface area contributed by atoms with Crippen LogP contribution in [0.3, 0.4) is 0 Å². The van der Waals surface area contributed by atoms with Crippen molar-refractivity contribution in [1.82, 2.24) is 5.32 Å². The molecule has 3 aromatic rings. The van der Waals surface area contributed by atoms with Crippen molar-refractivity contribution in [2.45, 2.75) is 17.6 Å². The van der Waals surface area contributed by atoms with Gasteiger partial charge < -0.3 is 10.6 Å². The Morgan fingerprint density at radius 3 is 2.26 bits per heavy atom. The molecule has 3 rings (SSSR count). The van der Waals surface area contributed by atoms with Crippen LogP contribution in [0, 0.1) is 6.92 Å². The molecule has 0 aromatic heterocycles. The zero-order chi connectivity index (χ0) is 22.4. The van der Waals surface area contributed by atoms with Gasteiger partial charge in [-0.25, -0.2) is 8.42 Å². The molecule has 2 N–H and O–H groups in total. The maximum atomic E-state index is 12.5. The third kappa shape index (κ3) is 6.16. The van der Waals surface area contributed by atoms with E-state index in [1.54, 1.807) is 54.6 Å². The highest BCUT2D eigenvalue weighted by Gasteiger charge is 2.15. The van der Waals surface area contributed by atoms with Gasteiger partial charge in [0, 0.05) is 5.56 Å². The number of rotatable bonds is 7. The average Bonchev–Trinajstić information content (AvgIpc) is 2.75. The molecule has 0 aliphatic carbocycles. The van der Waals surface area contributed by atoms with E-state index in [2.05, 4.69) is 10.6 Å². The molecule has 0 saturated carbocycles. The summed E-state index contributed by atoms with van der Waals surface area (Å²) in [5.74, 6) is -1.02. The summed E-state index contributed by atoms with van der Waals surface area (Å²) in [7, 11) is -3.47. The van der Waals surface area contributed by atoms with Crippen LogP contribution < -0.4 is 10.6 Å². The Bertz CT molecular complexity index is 1190. The van der Waals surface area contributed by atoms with Gasteiger partial charge in [-0.3, -0.25) is 9.59 Å². The van der Waals surface area contributed by atoms with E-state index in [1.165, 1.54) is 12.1 Å². The lowest BCUT2D eigenvalue weighted by molar-refractivity contribution is -0.115. The van der Waals surface area contributed by atoms with E-state index in [4.69, 9.17) is 11.6 Å². The monoisotopic (exact) mass is 456 g/mol. The first-order valence-corrected chi connectivity index (χ1v) is 11.5. The average molecular weight is 457 g/mol. The minimum absolute atomic E-state index is 0.168. The molecule has 0 radical (unpaired) electrons. The maximum absolute atomic E-state index is 12.5. The number of amides is 2. The fourth-order valence-electron chi connectivity index (χ4n) is 2.86. The van der Waals surface area contributed by atoms with Gasteiger partial charge in [-0.15, -0.1) is 0 Å². The number of sulfone groups is 1. The molecule has 0 spiro atoms. The predicted molar refractivity (Wildman–Crippen MR) is 121 cm³/mol. The smallest absolute Gasteiger partial charge is 0.251 e. The van der Waals surface area contributed by atoms with Crippen LogP contribution >= 0.6 is 11.6 Å². The predicted octanol–water partition coefficient (Wildman–Crippen LogP) is 3.99. The second kappa shape index (κ2) is 9.76. The van der Waals surface area contributed by atoms with Gasteiger partial charge in [0.2, 0.25) is 5.91 Å². The molecule has 0 aliphatic heterocycles. The summed E-state index contributed by atoms with van der Waals surface area (Å²) in [5.41, 5.74) is 2.32. The second-order valence-corrected chi connectivity index (χ2v) is 9.38. The van der Waals surface area contributed by atoms with Gasteiger partial charge in [0.25, 0.3) is 5.91 Å². The molecule has 8 heteroatoms. The molecule has 0 bridgehead atoms. The quantitative estimate of drug-likeness (QED) is 0.562. The number of hydrogen-bond acceptors (Lipinski definition) is 4. The Morgan fingerprint density at radius 2 is 1.61 bits per heavy atom. The fourth-order valence-corrected chi connectivity index (χ4v) is 4.51. The Hall–Kier alpha value is -3.16. The van der Waals surface area contributed by atoms with Gasteiger partial charge in [-0.05, 0) is 54.4 Å². The number of nitrogens with one attached hydrogen (secondary N) is 2. The Morgan fingerprint density at radius 1 is 0.935 bits per heavy atom. The van der Waals surface area contributed by atoms with Crippen LogP contribution in [0.15, 0.2) is 77.7 Å². The van der Waals surface area contributed by atoms with Crippen molar-refractivity contribution < 1.29 is 18.0 Å². The van der Waals surface area contributed by atoms with Gasteiger partial charge in [0.1, 0.15) is 0 Å². The van der Waals surface area contributed by atoms with Gasteiger partial charge in [0.15, 0.2) is 9.84 Å². The molecule has 0 saturated heterocycles. The van der Waals surface area contributed by atoms with Crippen LogP contribution in [0.25, 0.3) is 0 Å². The minimum atomic E-state index is -3.47. The van der Waals surface area contributed by atoms with Gasteiger partial charge in [0.05, 0.1) is 27.9 Å². The SMILES string of the molecule is Cc1ccc(NC(=O)CNC(=O)c2ccc(CS(=O)(=O)c3ccccc3)cc2)c(Cl)c1. The highest BCUT2D eigenvalue weighted by Crippen LogP contribution is 2.22. The summed E-state index contributed by atoms with van der Waals surface area (Å²) in [4.78, 5) is 24.6. The maximum Gasteiger partial charge on any atom is 0.251 e. The molecule has 0 fully saturated rings. The van der Waals surface area contributed by atoms with Crippen molar-refractivity contribution in [3.63, 3.8) is 0 Å². The molecule has 0 heterocycles. The van der Waals surface area contributed by atoms with Crippen molar-refractivity contribution in [1.29, 1.82) is 0 Å². The largest absolute Gasteiger partial charge is 0.343 e. The number of hydrogen-bond donors (Lipinski definition) is 2. The van der Waals surface area contributed by atoms with Crippen molar-refractivity contribution in [3.8, 4) is 0 Å². The minimum Gasteiger partial charge on any atom is -0.343 e. The summed E-state index contributed by atoms with van der Waals surface area (Å²) < 4.78 is 24.9. The number of anilines is 1. The standard InChI is InChI=1S/C23H21ClN2O4S/c1-16-7-12-21(20(24)13-16)26-22(27)14-25-23(28)18-10-8-17(9-11-18)15-31(29,30)19-5-3-2-4-6-19/h2-13H,14-15H2,1H3,(H,25,28)(H,26,27). The fraction of sp³-hybridized carbons (Fsp3) is 0.130. The van der Waals surface area contributed by atoms with E-state index in [9.17, 15) is 18.0 Å². The van der Waals surface area contributed by atoms with Crippen LogP contribution in [0.4, 0.5) is 5.69 Å². The van der Waals surface area contributed by atoms with E-state index in [0.29, 0.717) is 21.8 Å². The zero-order valence-electron chi connectivity index (χ0n) is 16.8. The molecular weight excluding hydrogens is 436 g/mol. The molecule has 31 heavy (non-hydrogen) atoms. The van der Waals surface area contributed by atoms with Crippen molar-refractivity contribution in [3.05, 3.63) is 94.5 Å². The molecule has 6 nitrogen and oxygen atoms in total. The number of aryl methyl sites for hydroxylation is 1. The highest BCUT2D eigenvalue weighted by atomic mass is 35.5. The third-order valence-electron chi connectivity index (χ3n) is 4.48. The van der Waals surface area contributed by atoms with Crippen LogP contribution in [-0.4, -0.2) is 26.8 Å². The van der Waals surface area contributed by atoms with Crippen molar-refractivity contribution >= 4 is 38.9 Å². The lowest BCUT2D eigenvalue weighted by Gasteiger charge is -2.09. The molecule has 0 unspecified atom stereocenters. The van der Waals surface area contributed by atoms with E-state index >= 15 is 0 Å². The normalized spacial score (nSPS) is 11.0. The van der Waals surface area contributed by atoms with Crippen LogP contribution in [0.2, 0.25) is 5.02 Å². The Labute approximate surface area is 186 Å². The number of carbonyl (C=O) groups excluding carboxylic acids is 2. The van der Waals surface area contributed by atoms with E-state index < -0.39 is 21.7 Å². The molecule has 2 amide bonds. The number of carbonyl (C=O) groups is 2. The molecule has 0 atom stereocenters. The molecule has 0 aliphatic rings. The summed E-state index contributed by atoms with van der Waals surface area (Å²) in [6, 6.07) is 19.7. The topological polar surface area (TPSA) is 92.3 Å². The van der Waals surface area contributed by atoms with Crippen LogP contribution in [0.5, 0.6) is 0 Å². The Kier molecular flexibility index (Phi) is 7.09. The number of benzene rings is 3. The van der Waals surface area contributed by atoms with E-state index in [-0.39, 0.29) is 17.2 Å². The molecule has 3 aromatic carbocycles. The lowest BCUT2D eigenvalue weighted by atomic mass is 10.1. The summed E-state index contributed by atoms with van der Waals surface area (Å²) in [5, 5.41) is 5.59. The van der Waals surface area contributed by atoms with Gasteiger partial charge >= 0.3 is 0 Å². The van der Waals surface area contributed by atoms with Crippen LogP contribution in [-0.2, 0) is 20.4 Å². The summed E-state index contributed by atoms with van der Waals surface area (Å²) in [6.07, 6.45) is 0. The summed E-state index contributed by atoms with van der Waals surface area (Å²) in [6.45, 7) is 1.66. The van der Waals surface area contributed by atoms with E-state index in [0.717, 1.165) is 5.56 Å². The number of halogens is 1. The first kappa shape index (κ1) is 22.5. The van der Waals surface area contributed by atoms with E-state index in [1.807, 2.05) is 13.0 Å². The lowest BCUT2D eigenvalue weighted by Crippen LogP contribution is -2.32. The van der Waals surface area contributed by atoms with Crippen molar-refractivity contribution in [2.75, 3.05) is 11.9 Å². The van der Waals surface area contributed by atoms with Gasteiger partial charge in [-0.1, -0.05) is 48.0 Å².